The maximum absolute atomic E-state index is 8.01. The van der Waals surface area contributed by atoms with Gasteiger partial charge in [-0.3, -0.25) is 0 Å². The number of rotatable bonds is 16. The standard InChI is InChI=1S/C58H70N2O2/c1-44-20-28-50(29-21-44)38-59(5,39-51-30-22-45(2)23-31-51)42-56-57(43-60(6,40-52-32-24-46(3)25-33-52)41-53-34-26-47(4)27-35-53)62-58(61-56)54(36-48-14-9-7-10-15-48)18-13-19-55(58)37-49-16-11-8-12-17-49/h7-12,14-17,20-35,54-57H,13,18-19,36-43H2,1-6H3/q+2/t54-,55-,56-,57-/m0/s1. The van der Waals surface area contributed by atoms with Crippen LogP contribution in [0, 0.1) is 39.5 Å². The number of quaternary nitrogens is 2. The minimum Gasteiger partial charge on any atom is -0.337 e. The van der Waals surface area contributed by atoms with E-state index in [1.165, 1.54) is 62.1 Å². The fraction of sp³-hybridized carbons (Fsp3) is 0.379. The highest BCUT2D eigenvalue weighted by molar-refractivity contribution is 5.25. The monoisotopic (exact) mass is 827 g/mol. The van der Waals surface area contributed by atoms with Crippen molar-refractivity contribution in [2.24, 2.45) is 11.8 Å². The van der Waals surface area contributed by atoms with Gasteiger partial charge in [-0.2, -0.15) is 0 Å². The molecule has 1 saturated heterocycles. The molecule has 4 atom stereocenters. The average molecular weight is 827 g/mol. The Labute approximate surface area is 373 Å². The Morgan fingerprint density at radius 3 is 0.984 bits per heavy atom. The lowest BCUT2D eigenvalue weighted by Gasteiger charge is -2.46. The molecule has 1 spiro atoms. The minimum atomic E-state index is -0.712. The number of nitrogens with zero attached hydrogens (tertiary/aromatic N) is 2. The summed E-state index contributed by atoms with van der Waals surface area (Å²) in [5.41, 5.74) is 13.3. The zero-order valence-electron chi connectivity index (χ0n) is 38.3. The average Bonchev–Trinajstić information content (AvgIpc) is 3.60. The largest absolute Gasteiger partial charge is 0.337 e. The molecule has 0 bridgehead atoms. The molecule has 6 aromatic rings. The van der Waals surface area contributed by atoms with E-state index in [0.29, 0.717) is 0 Å². The van der Waals surface area contributed by atoms with Crippen LogP contribution in [-0.4, -0.2) is 54.1 Å². The molecule has 1 saturated carbocycles. The zero-order valence-corrected chi connectivity index (χ0v) is 38.3. The Bertz CT molecular complexity index is 2040. The van der Waals surface area contributed by atoms with Crippen LogP contribution >= 0.6 is 0 Å². The van der Waals surface area contributed by atoms with Crippen molar-refractivity contribution in [2.75, 3.05) is 27.2 Å². The molecule has 2 fully saturated rings. The van der Waals surface area contributed by atoms with Crippen LogP contribution in [0.5, 0.6) is 0 Å². The molecule has 4 heteroatoms. The number of hydrogen-bond acceptors (Lipinski definition) is 2. The summed E-state index contributed by atoms with van der Waals surface area (Å²) in [6.45, 7) is 14.1. The van der Waals surface area contributed by atoms with Crippen molar-refractivity contribution in [2.45, 2.75) is 104 Å². The van der Waals surface area contributed by atoms with Crippen molar-refractivity contribution in [1.82, 2.24) is 0 Å². The lowest BCUT2D eigenvalue weighted by Crippen LogP contribution is -2.54. The lowest BCUT2D eigenvalue weighted by atomic mass is 9.71. The predicted octanol–water partition coefficient (Wildman–Crippen LogP) is 12.3. The lowest BCUT2D eigenvalue weighted by molar-refractivity contribution is -0.944. The predicted molar refractivity (Wildman–Crippen MR) is 255 cm³/mol. The highest BCUT2D eigenvalue weighted by atomic mass is 16.8. The summed E-state index contributed by atoms with van der Waals surface area (Å²) >= 11 is 0. The Morgan fingerprint density at radius 1 is 0.403 bits per heavy atom. The van der Waals surface area contributed by atoms with E-state index in [2.05, 4.69) is 200 Å². The van der Waals surface area contributed by atoms with Crippen LogP contribution in [0.2, 0.25) is 0 Å². The Kier molecular flexibility index (Phi) is 13.6. The maximum atomic E-state index is 8.01. The summed E-state index contributed by atoms with van der Waals surface area (Å²) in [7, 11) is 4.92. The van der Waals surface area contributed by atoms with Gasteiger partial charge in [0.2, 0.25) is 0 Å². The smallest absolute Gasteiger partial charge is 0.176 e. The molecule has 2 aliphatic rings. The van der Waals surface area contributed by atoms with Gasteiger partial charge in [-0.15, -0.1) is 0 Å². The first kappa shape index (κ1) is 43.8. The van der Waals surface area contributed by atoms with Crippen LogP contribution in [-0.2, 0) is 48.5 Å². The van der Waals surface area contributed by atoms with Gasteiger partial charge >= 0.3 is 0 Å². The van der Waals surface area contributed by atoms with Crippen LogP contribution in [0.1, 0.15) is 74.9 Å². The van der Waals surface area contributed by atoms with E-state index in [0.717, 1.165) is 73.9 Å². The summed E-state index contributed by atoms with van der Waals surface area (Å²) in [4.78, 5) is 0. The number of likely N-dealkylation sites (N-methyl/N-ethyl adjacent to an activating group) is 2. The second-order valence-electron chi connectivity index (χ2n) is 19.9. The van der Waals surface area contributed by atoms with Crippen molar-refractivity contribution in [1.29, 1.82) is 0 Å². The van der Waals surface area contributed by atoms with E-state index in [9.17, 15) is 0 Å². The number of aryl methyl sites for hydroxylation is 4. The molecule has 0 aromatic heterocycles. The SMILES string of the molecule is Cc1ccc(C[N+](C)(Cc2ccc(C)cc2)C[C@@H]2OC3(O[C@H]2C[N+](C)(Cc2ccc(C)cc2)Cc2ccc(C)cc2)[C@H](Cc2ccccc2)CCC[C@H]3Cc2ccccc2)cc1. The first-order valence-corrected chi connectivity index (χ1v) is 23.3. The van der Waals surface area contributed by atoms with E-state index in [4.69, 9.17) is 9.47 Å². The first-order valence-electron chi connectivity index (χ1n) is 23.3. The molecule has 322 valence electrons. The third kappa shape index (κ3) is 11.0. The van der Waals surface area contributed by atoms with Crippen molar-refractivity contribution in [3.63, 3.8) is 0 Å². The van der Waals surface area contributed by atoms with Crippen molar-refractivity contribution in [3.8, 4) is 0 Å². The third-order valence-electron chi connectivity index (χ3n) is 14.0. The van der Waals surface area contributed by atoms with E-state index < -0.39 is 5.79 Å². The Hall–Kier alpha value is -4.84. The molecular formula is C58H70N2O2+2. The minimum absolute atomic E-state index is 0.112. The second-order valence-corrected chi connectivity index (χ2v) is 19.9. The highest BCUT2D eigenvalue weighted by Gasteiger charge is 2.60. The Balaban J connectivity index is 1.22. The summed E-state index contributed by atoms with van der Waals surface area (Å²) in [6.07, 6.45) is 5.04. The van der Waals surface area contributed by atoms with Crippen molar-refractivity contribution < 1.29 is 18.4 Å². The van der Waals surface area contributed by atoms with Gasteiger partial charge in [-0.05, 0) is 64.5 Å². The summed E-state index contributed by atoms with van der Waals surface area (Å²) < 4.78 is 17.7. The number of hydrogen-bond donors (Lipinski definition) is 0. The van der Waals surface area contributed by atoms with Gasteiger partial charge in [0.15, 0.2) is 5.79 Å². The number of ether oxygens (including phenoxy) is 2. The fourth-order valence-corrected chi connectivity index (χ4v) is 10.8. The summed E-state index contributed by atoms with van der Waals surface area (Å²) in [6, 6.07) is 59.0. The van der Waals surface area contributed by atoms with Gasteiger partial charge in [0, 0.05) is 34.1 Å². The molecule has 6 aromatic carbocycles. The molecule has 1 aliphatic heterocycles. The van der Waals surface area contributed by atoms with E-state index in [-0.39, 0.29) is 24.0 Å². The van der Waals surface area contributed by atoms with Crippen LogP contribution in [0.15, 0.2) is 158 Å². The van der Waals surface area contributed by atoms with Crippen LogP contribution in [0.4, 0.5) is 0 Å². The van der Waals surface area contributed by atoms with Gasteiger partial charge in [0.25, 0.3) is 0 Å². The first-order chi connectivity index (χ1) is 29.9. The van der Waals surface area contributed by atoms with Crippen molar-refractivity contribution in [3.05, 3.63) is 213 Å². The van der Waals surface area contributed by atoms with Gasteiger partial charge in [-0.1, -0.05) is 186 Å². The van der Waals surface area contributed by atoms with Crippen LogP contribution < -0.4 is 0 Å². The molecule has 0 N–H and O–H groups in total. The summed E-state index contributed by atoms with van der Waals surface area (Å²) in [5.74, 6) is -0.238. The van der Waals surface area contributed by atoms with Crippen LogP contribution in [0.25, 0.3) is 0 Å². The van der Waals surface area contributed by atoms with Crippen molar-refractivity contribution >= 4 is 0 Å². The zero-order chi connectivity index (χ0) is 43.2. The van der Waals surface area contributed by atoms with Gasteiger partial charge in [0.1, 0.15) is 51.5 Å². The molecule has 0 radical (unpaired) electrons. The van der Waals surface area contributed by atoms with E-state index in [1.807, 2.05) is 0 Å². The normalized spacial score (nSPS) is 20.1. The van der Waals surface area contributed by atoms with Gasteiger partial charge in [0.05, 0.1) is 14.1 Å². The molecule has 1 heterocycles. The van der Waals surface area contributed by atoms with Gasteiger partial charge < -0.3 is 18.4 Å². The van der Waals surface area contributed by atoms with E-state index >= 15 is 0 Å². The molecule has 8 rings (SSSR count). The fourth-order valence-electron chi connectivity index (χ4n) is 10.8. The summed E-state index contributed by atoms with van der Waals surface area (Å²) in [5, 5.41) is 0. The quantitative estimate of drug-likeness (QED) is 0.0905. The second kappa shape index (κ2) is 19.3. The van der Waals surface area contributed by atoms with Gasteiger partial charge in [-0.25, -0.2) is 0 Å². The highest BCUT2D eigenvalue weighted by Crippen LogP contribution is 2.51. The Morgan fingerprint density at radius 2 is 0.694 bits per heavy atom. The maximum Gasteiger partial charge on any atom is 0.176 e. The van der Waals surface area contributed by atoms with Crippen LogP contribution in [0.3, 0.4) is 0 Å². The third-order valence-corrected chi connectivity index (χ3v) is 14.0. The van der Waals surface area contributed by atoms with E-state index in [1.54, 1.807) is 0 Å². The number of benzene rings is 6. The topological polar surface area (TPSA) is 18.5 Å². The molecule has 0 amide bonds. The molecule has 1 aliphatic carbocycles. The molecule has 0 unspecified atom stereocenters. The molecule has 4 nitrogen and oxygen atoms in total. The molecular weight excluding hydrogens is 757 g/mol. The molecule has 62 heavy (non-hydrogen) atoms.